The molecule has 1 fully saturated rings. The number of amides is 3. The Balaban J connectivity index is 1.54. The van der Waals surface area contributed by atoms with E-state index >= 15 is 0 Å². The number of likely N-dealkylation sites (tertiary alicyclic amines) is 1. The van der Waals surface area contributed by atoms with Crippen molar-refractivity contribution in [1.82, 2.24) is 15.5 Å². The van der Waals surface area contributed by atoms with Gasteiger partial charge in [-0.3, -0.25) is 4.79 Å². The molecule has 2 rings (SSSR count). The van der Waals surface area contributed by atoms with E-state index in [1.54, 1.807) is 0 Å². The van der Waals surface area contributed by atoms with Gasteiger partial charge in [-0.15, -0.1) is 0 Å². The first-order chi connectivity index (χ1) is 12.6. The molecule has 1 aliphatic heterocycles. The summed E-state index contributed by atoms with van der Waals surface area (Å²) >= 11 is 0. The van der Waals surface area contributed by atoms with Gasteiger partial charge in [-0.05, 0) is 44.7 Å². The van der Waals surface area contributed by atoms with Gasteiger partial charge in [0.25, 0.3) is 0 Å². The molecule has 1 aromatic rings. The minimum Gasteiger partial charge on any atom is -0.491 e. The number of urea groups is 1. The van der Waals surface area contributed by atoms with E-state index in [4.69, 9.17) is 4.74 Å². The molecular weight excluding hydrogens is 330 g/mol. The van der Waals surface area contributed by atoms with E-state index in [1.807, 2.05) is 30.9 Å². The fraction of sp³-hybridized carbons (Fsp3) is 0.600. The Bertz CT molecular complexity index is 604. The molecule has 2 N–H and O–H groups in total. The Hall–Kier alpha value is -2.24. The van der Waals surface area contributed by atoms with E-state index in [-0.39, 0.29) is 11.9 Å². The predicted octanol–water partition coefficient (Wildman–Crippen LogP) is 2.77. The van der Waals surface area contributed by atoms with E-state index in [9.17, 15) is 9.59 Å². The Morgan fingerprint density at radius 2 is 1.96 bits per heavy atom. The Labute approximate surface area is 156 Å². The number of hydrogen-bond acceptors (Lipinski definition) is 3. The van der Waals surface area contributed by atoms with Gasteiger partial charge in [-0.25, -0.2) is 4.79 Å². The zero-order valence-electron chi connectivity index (χ0n) is 16.0. The molecule has 0 aromatic heterocycles. The number of nitrogens with zero attached hydrogens (tertiary/aromatic N) is 1. The van der Waals surface area contributed by atoms with Crippen molar-refractivity contribution < 1.29 is 14.3 Å². The second-order valence-corrected chi connectivity index (χ2v) is 6.85. The van der Waals surface area contributed by atoms with Crippen LogP contribution in [0.2, 0.25) is 0 Å². The summed E-state index contributed by atoms with van der Waals surface area (Å²) in [4.78, 5) is 25.6. The number of nitrogens with one attached hydrogen (secondary N) is 2. The average Bonchev–Trinajstić information content (AvgIpc) is 2.81. The number of hydrogen-bond donors (Lipinski definition) is 2. The van der Waals surface area contributed by atoms with E-state index in [0.717, 1.165) is 50.1 Å². The summed E-state index contributed by atoms with van der Waals surface area (Å²) in [5, 5.41) is 5.61. The van der Waals surface area contributed by atoms with Crippen LogP contribution >= 0.6 is 0 Å². The summed E-state index contributed by atoms with van der Waals surface area (Å²) in [7, 11) is 0. The molecule has 0 bridgehead atoms. The summed E-state index contributed by atoms with van der Waals surface area (Å²) in [6, 6.07) is 5.84. The molecule has 3 amide bonds. The SMILES string of the molecule is Cc1ccc(OCCNC(=O)NCCCN2CCCCCC2=O)c(C)c1. The number of carbonyl (C=O) groups excluding carboxylic acids is 2. The summed E-state index contributed by atoms with van der Waals surface area (Å²) < 4.78 is 5.68. The fourth-order valence-electron chi connectivity index (χ4n) is 3.10. The molecule has 1 aromatic carbocycles. The van der Waals surface area contributed by atoms with Gasteiger partial charge >= 0.3 is 6.03 Å². The quantitative estimate of drug-likeness (QED) is 0.700. The minimum atomic E-state index is -0.198. The van der Waals surface area contributed by atoms with Gasteiger partial charge in [0.1, 0.15) is 12.4 Å². The first-order valence-corrected chi connectivity index (χ1v) is 9.56. The highest BCUT2D eigenvalue weighted by atomic mass is 16.5. The van der Waals surface area contributed by atoms with Crippen molar-refractivity contribution in [1.29, 1.82) is 0 Å². The van der Waals surface area contributed by atoms with Crippen LogP contribution in [-0.4, -0.2) is 49.6 Å². The Morgan fingerprint density at radius 1 is 1.15 bits per heavy atom. The number of aryl methyl sites for hydroxylation is 2. The van der Waals surface area contributed by atoms with Crippen molar-refractivity contribution >= 4 is 11.9 Å². The Kier molecular flexibility index (Phi) is 8.25. The number of carbonyl (C=O) groups is 2. The summed E-state index contributed by atoms with van der Waals surface area (Å²) in [6.07, 6.45) is 4.65. The highest BCUT2D eigenvalue weighted by molar-refractivity contribution is 5.76. The lowest BCUT2D eigenvalue weighted by molar-refractivity contribution is -0.130. The van der Waals surface area contributed by atoms with Crippen LogP contribution in [0.25, 0.3) is 0 Å². The molecule has 0 unspecified atom stereocenters. The lowest BCUT2D eigenvalue weighted by atomic mass is 10.1. The number of benzene rings is 1. The maximum Gasteiger partial charge on any atom is 0.314 e. The molecule has 6 nitrogen and oxygen atoms in total. The van der Waals surface area contributed by atoms with E-state index in [1.165, 1.54) is 5.56 Å². The lowest BCUT2D eigenvalue weighted by Crippen LogP contribution is -2.39. The maximum absolute atomic E-state index is 11.9. The molecule has 0 aliphatic carbocycles. The van der Waals surface area contributed by atoms with Gasteiger partial charge in [0.15, 0.2) is 0 Å². The number of rotatable bonds is 8. The van der Waals surface area contributed by atoms with Gasteiger partial charge in [0.05, 0.1) is 6.54 Å². The summed E-state index contributed by atoms with van der Waals surface area (Å²) in [5.74, 6) is 1.09. The average molecular weight is 361 g/mol. The third-order valence-electron chi connectivity index (χ3n) is 4.54. The number of ether oxygens (including phenoxy) is 1. The van der Waals surface area contributed by atoms with Crippen LogP contribution in [-0.2, 0) is 4.79 Å². The maximum atomic E-state index is 11.9. The van der Waals surface area contributed by atoms with Crippen molar-refractivity contribution in [2.24, 2.45) is 0 Å². The largest absolute Gasteiger partial charge is 0.491 e. The Morgan fingerprint density at radius 3 is 2.77 bits per heavy atom. The van der Waals surface area contributed by atoms with Gasteiger partial charge in [0.2, 0.25) is 5.91 Å². The summed E-state index contributed by atoms with van der Waals surface area (Å²) in [5.41, 5.74) is 2.30. The molecule has 6 heteroatoms. The molecule has 26 heavy (non-hydrogen) atoms. The van der Waals surface area contributed by atoms with Gasteiger partial charge in [0, 0.05) is 26.1 Å². The van der Waals surface area contributed by atoms with Crippen molar-refractivity contribution in [3.8, 4) is 5.75 Å². The van der Waals surface area contributed by atoms with Gasteiger partial charge in [-0.1, -0.05) is 24.1 Å². The van der Waals surface area contributed by atoms with E-state index in [2.05, 4.69) is 16.7 Å². The fourth-order valence-corrected chi connectivity index (χ4v) is 3.10. The van der Waals surface area contributed by atoms with E-state index in [0.29, 0.717) is 26.1 Å². The zero-order valence-corrected chi connectivity index (χ0v) is 16.0. The normalized spacial score (nSPS) is 14.7. The van der Waals surface area contributed by atoms with Crippen LogP contribution < -0.4 is 15.4 Å². The van der Waals surface area contributed by atoms with Crippen LogP contribution in [0.15, 0.2) is 18.2 Å². The lowest BCUT2D eigenvalue weighted by Gasteiger charge is -2.20. The van der Waals surface area contributed by atoms with E-state index < -0.39 is 0 Å². The second-order valence-electron chi connectivity index (χ2n) is 6.85. The van der Waals surface area contributed by atoms with Crippen LogP contribution in [0.3, 0.4) is 0 Å². The molecule has 1 saturated heterocycles. The first kappa shape index (κ1) is 20.1. The standard InChI is InChI=1S/C20H31N3O3/c1-16-8-9-18(17(2)15-16)26-14-11-22-20(25)21-10-6-13-23-12-5-3-4-7-19(23)24/h8-9,15H,3-7,10-14H2,1-2H3,(H2,21,22,25). The van der Waals surface area contributed by atoms with Gasteiger partial charge in [-0.2, -0.15) is 0 Å². The third-order valence-corrected chi connectivity index (χ3v) is 4.54. The van der Waals surface area contributed by atoms with Crippen molar-refractivity contribution in [3.63, 3.8) is 0 Å². The molecule has 0 radical (unpaired) electrons. The molecule has 1 heterocycles. The van der Waals surface area contributed by atoms with Crippen LogP contribution in [0.5, 0.6) is 5.75 Å². The molecule has 144 valence electrons. The molecule has 0 saturated carbocycles. The van der Waals surface area contributed by atoms with Crippen molar-refractivity contribution in [3.05, 3.63) is 29.3 Å². The molecule has 0 spiro atoms. The first-order valence-electron chi connectivity index (χ1n) is 9.56. The highest BCUT2D eigenvalue weighted by Gasteiger charge is 2.15. The minimum absolute atomic E-state index is 0.198. The van der Waals surface area contributed by atoms with Crippen molar-refractivity contribution in [2.45, 2.75) is 46.0 Å². The molecular formula is C20H31N3O3. The highest BCUT2D eigenvalue weighted by Crippen LogP contribution is 2.18. The van der Waals surface area contributed by atoms with Gasteiger partial charge < -0.3 is 20.3 Å². The molecule has 0 atom stereocenters. The predicted molar refractivity (Wildman–Crippen MR) is 102 cm³/mol. The van der Waals surface area contributed by atoms with Crippen LogP contribution in [0.4, 0.5) is 4.79 Å². The van der Waals surface area contributed by atoms with Crippen LogP contribution in [0, 0.1) is 13.8 Å². The third kappa shape index (κ3) is 6.94. The second kappa shape index (κ2) is 10.7. The molecule has 1 aliphatic rings. The topological polar surface area (TPSA) is 70.7 Å². The zero-order chi connectivity index (χ0) is 18.8. The van der Waals surface area contributed by atoms with Crippen LogP contribution in [0.1, 0.15) is 43.2 Å². The summed E-state index contributed by atoms with van der Waals surface area (Å²) in [6.45, 7) is 7.07. The monoisotopic (exact) mass is 361 g/mol. The van der Waals surface area contributed by atoms with Crippen molar-refractivity contribution in [2.75, 3.05) is 32.8 Å². The smallest absolute Gasteiger partial charge is 0.314 e.